The van der Waals surface area contributed by atoms with Crippen LogP contribution in [0.5, 0.6) is 5.75 Å². The molecule has 5 heteroatoms. The summed E-state index contributed by atoms with van der Waals surface area (Å²) in [6.45, 7) is 4.89. The Labute approximate surface area is 124 Å². The lowest BCUT2D eigenvalue weighted by Crippen LogP contribution is -1.98. The van der Waals surface area contributed by atoms with Crippen LogP contribution in [0.2, 0.25) is 0 Å². The third-order valence-electron chi connectivity index (χ3n) is 2.78. The molecule has 0 spiro atoms. The van der Waals surface area contributed by atoms with E-state index in [2.05, 4.69) is 28.8 Å². The first-order valence-corrected chi connectivity index (χ1v) is 7.32. The maximum atomic E-state index is 5.61. The minimum absolute atomic E-state index is 0.599. The van der Waals surface area contributed by atoms with Gasteiger partial charge in [0.2, 0.25) is 0 Å². The van der Waals surface area contributed by atoms with Crippen LogP contribution in [0, 0.1) is 4.64 Å². The molecule has 2 aromatic heterocycles. The summed E-state index contributed by atoms with van der Waals surface area (Å²) < 4.78 is 6.21. The summed E-state index contributed by atoms with van der Waals surface area (Å²) in [5, 5.41) is 0. The van der Waals surface area contributed by atoms with Gasteiger partial charge < -0.3 is 9.72 Å². The van der Waals surface area contributed by atoms with Crippen molar-refractivity contribution >= 4 is 12.2 Å². The van der Waals surface area contributed by atoms with E-state index in [1.54, 1.807) is 12.4 Å². The highest BCUT2D eigenvalue weighted by molar-refractivity contribution is 7.71. The fourth-order valence-electron chi connectivity index (χ4n) is 1.88. The van der Waals surface area contributed by atoms with Crippen LogP contribution in [0.4, 0.5) is 0 Å². The highest BCUT2D eigenvalue weighted by Crippen LogP contribution is 2.21. The first kappa shape index (κ1) is 14.7. The Kier molecular flexibility index (Phi) is 5.24. The molecule has 0 unspecified atom stereocenters. The number of rotatable bonds is 6. The van der Waals surface area contributed by atoms with Gasteiger partial charge in [0.1, 0.15) is 16.2 Å². The van der Waals surface area contributed by atoms with Crippen molar-refractivity contribution in [1.29, 1.82) is 0 Å². The molecule has 0 radical (unpaired) electrons. The molecule has 0 fully saturated rings. The smallest absolute Gasteiger partial charge is 0.138 e. The van der Waals surface area contributed by atoms with E-state index >= 15 is 0 Å². The van der Waals surface area contributed by atoms with E-state index in [4.69, 9.17) is 17.0 Å². The summed E-state index contributed by atoms with van der Waals surface area (Å²) in [6, 6.07) is 3.83. The van der Waals surface area contributed by atoms with Crippen LogP contribution in [0.25, 0.3) is 11.3 Å². The second-order valence-electron chi connectivity index (χ2n) is 4.59. The van der Waals surface area contributed by atoms with Gasteiger partial charge in [0.25, 0.3) is 0 Å². The van der Waals surface area contributed by atoms with Crippen LogP contribution in [0.3, 0.4) is 0 Å². The van der Waals surface area contributed by atoms with Gasteiger partial charge in [-0.2, -0.15) is 0 Å². The van der Waals surface area contributed by atoms with Crippen LogP contribution in [0.1, 0.15) is 32.5 Å². The van der Waals surface area contributed by atoms with Crippen molar-refractivity contribution in [3.8, 4) is 17.0 Å². The Balaban J connectivity index is 2.33. The van der Waals surface area contributed by atoms with Gasteiger partial charge in [-0.05, 0) is 25.0 Å². The zero-order valence-corrected chi connectivity index (χ0v) is 12.7. The molecule has 2 aromatic rings. The molecule has 4 nitrogen and oxygen atoms in total. The van der Waals surface area contributed by atoms with Crippen LogP contribution in [0.15, 0.2) is 24.5 Å². The van der Waals surface area contributed by atoms with E-state index in [0.29, 0.717) is 11.2 Å². The second kappa shape index (κ2) is 7.14. The Bertz CT molecular complexity index is 625. The molecule has 2 rings (SSSR count). The number of aromatic nitrogens is 3. The van der Waals surface area contributed by atoms with E-state index in [0.717, 1.165) is 42.1 Å². The van der Waals surface area contributed by atoms with Gasteiger partial charge in [-0.1, -0.05) is 26.1 Å². The van der Waals surface area contributed by atoms with Crippen LogP contribution in [-0.2, 0) is 6.42 Å². The van der Waals surface area contributed by atoms with Crippen molar-refractivity contribution in [2.24, 2.45) is 0 Å². The van der Waals surface area contributed by atoms with Crippen molar-refractivity contribution in [3.63, 3.8) is 0 Å². The molecule has 0 aliphatic rings. The molecule has 0 amide bonds. The minimum atomic E-state index is 0.599. The maximum Gasteiger partial charge on any atom is 0.138 e. The number of aromatic amines is 1. The number of pyridine rings is 1. The maximum absolute atomic E-state index is 5.61. The number of H-pyrrole nitrogens is 1. The SMILES string of the molecule is CCCOc1cncc(-c2cc(=S)nc(CCC)[nH]2)c1. The minimum Gasteiger partial charge on any atom is -0.492 e. The van der Waals surface area contributed by atoms with Gasteiger partial charge >= 0.3 is 0 Å². The molecule has 0 saturated carbocycles. The molecule has 0 bridgehead atoms. The second-order valence-corrected chi connectivity index (χ2v) is 5.01. The Hall–Kier alpha value is -1.75. The van der Waals surface area contributed by atoms with Crippen LogP contribution >= 0.6 is 12.2 Å². The number of hydrogen-bond donors (Lipinski definition) is 1. The van der Waals surface area contributed by atoms with Gasteiger partial charge in [-0.25, -0.2) is 4.98 Å². The van der Waals surface area contributed by atoms with Gasteiger partial charge in [-0.15, -0.1) is 0 Å². The summed E-state index contributed by atoms with van der Waals surface area (Å²) >= 11 is 5.22. The average Bonchev–Trinajstić information content (AvgIpc) is 2.45. The molecule has 0 atom stereocenters. The van der Waals surface area contributed by atoms with E-state index in [1.165, 1.54) is 0 Å². The fourth-order valence-corrected chi connectivity index (χ4v) is 2.11. The summed E-state index contributed by atoms with van der Waals surface area (Å²) in [5.41, 5.74) is 1.90. The molecule has 2 heterocycles. The van der Waals surface area contributed by atoms with E-state index in [1.807, 2.05) is 12.1 Å². The van der Waals surface area contributed by atoms with Crippen molar-refractivity contribution in [2.75, 3.05) is 6.61 Å². The quantitative estimate of drug-likeness (QED) is 0.818. The molecular formula is C15H19N3OS. The monoisotopic (exact) mass is 289 g/mol. The third-order valence-corrected chi connectivity index (χ3v) is 2.98. The summed E-state index contributed by atoms with van der Waals surface area (Å²) in [6.07, 6.45) is 6.41. The molecule has 1 N–H and O–H groups in total. The fraction of sp³-hybridized carbons (Fsp3) is 0.400. The lowest BCUT2D eigenvalue weighted by molar-refractivity contribution is 0.316. The third kappa shape index (κ3) is 3.87. The highest BCUT2D eigenvalue weighted by Gasteiger charge is 2.04. The van der Waals surface area contributed by atoms with Crippen molar-refractivity contribution < 1.29 is 4.74 Å². The van der Waals surface area contributed by atoms with E-state index in [9.17, 15) is 0 Å². The number of aryl methyl sites for hydroxylation is 1. The normalized spacial score (nSPS) is 10.5. The molecule has 0 aliphatic heterocycles. The predicted molar refractivity (Wildman–Crippen MR) is 82.4 cm³/mol. The Morgan fingerprint density at radius 2 is 2.05 bits per heavy atom. The van der Waals surface area contributed by atoms with Gasteiger partial charge in [0, 0.05) is 18.2 Å². The zero-order chi connectivity index (χ0) is 14.4. The van der Waals surface area contributed by atoms with Gasteiger partial charge in [0.05, 0.1) is 18.5 Å². The molecular weight excluding hydrogens is 270 g/mol. The van der Waals surface area contributed by atoms with Gasteiger partial charge in [-0.3, -0.25) is 4.98 Å². The average molecular weight is 289 g/mol. The molecule has 0 aliphatic carbocycles. The number of nitrogens with one attached hydrogen (secondary N) is 1. The highest BCUT2D eigenvalue weighted by atomic mass is 32.1. The summed E-state index contributed by atoms with van der Waals surface area (Å²) in [7, 11) is 0. The molecule has 0 aromatic carbocycles. The summed E-state index contributed by atoms with van der Waals surface area (Å²) in [4.78, 5) is 11.9. The first-order valence-electron chi connectivity index (χ1n) is 6.91. The molecule has 0 saturated heterocycles. The topological polar surface area (TPSA) is 50.8 Å². The number of hydrogen-bond acceptors (Lipinski definition) is 4. The molecule has 20 heavy (non-hydrogen) atoms. The van der Waals surface area contributed by atoms with Crippen molar-refractivity contribution in [3.05, 3.63) is 35.0 Å². The van der Waals surface area contributed by atoms with Crippen molar-refractivity contribution in [1.82, 2.24) is 15.0 Å². The number of nitrogens with zero attached hydrogens (tertiary/aromatic N) is 2. The predicted octanol–water partition coefficient (Wildman–Crippen LogP) is 3.94. The standard InChI is InChI=1S/C15H19N3OS/c1-3-5-14-17-13(8-15(20)18-14)11-7-12(10-16-9-11)19-6-4-2/h7-10H,3-6H2,1-2H3,(H,17,18,20). The molecule has 106 valence electrons. The van der Waals surface area contributed by atoms with Crippen LogP contribution < -0.4 is 4.74 Å². The van der Waals surface area contributed by atoms with Gasteiger partial charge in [0.15, 0.2) is 0 Å². The first-order chi connectivity index (χ1) is 9.72. The lowest BCUT2D eigenvalue weighted by atomic mass is 10.2. The Morgan fingerprint density at radius 3 is 2.80 bits per heavy atom. The van der Waals surface area contributed by atoms with Crippen LogP contribution in [-0.4, -0.2) is 21.6 Å². The van der Waals surface area contributed by atoms with Crippen molar-refractivity contribution in [2.45, 2.75) is 33.1 Å². The van der Waals surface area contributed by atoms with E-state index < -0.39 is 0 Å². The van der Waals surface area contributed by atoms with E-state index in [-0.39, 0.29) is 0 Å². The zero-order valence-electron chi connectivity index (χ0n) is 11.8. The summed E-state index contributed by atoms with van der Waals surface area (Å²) in [5.74, 6) is 1.69. The Morgan fingerprint density at radius 1 is 1.20 bits per heavy atom. The number of ether oxygens (including phenoxy) is 1. The lowest BCUT2D eigenvalue weighted by Gasteiger charge is -2.08. The largest absolute Gasteiger partial charge is 0.492 e.